The number of hydrogen-bond acceptors (Lipinski definition) is 6. The average Bonchev–Trinajstić information content (AvgIpc) is 2.08. The third-order valence-electron chi connectivity index (χ3n) is 1.65. The molecule has 0 radical (unpaired) electrons. The molecule has 70 valence electrons. The molecule has 0 fully saturated rings. The molecule has 0 bridgehead atoms. The minimum absolute atomic E-state index is 0.560. The van der Waals surface area contributed by atoms with Gasteiger partial charge >= 0.3 is 5.95 Å². The molecule has 0 aliphatic carbocycles. The van der Waals surface area contributed by atoms with Crippen molar-refractivity contribution in [3.05, 3.63) is 11.7 Å². The summed E-state index contributed by atoms with van der Waals surface area (Å²) in [5.41, 5.74) is 0. The first-order chi connectivity index (χ1) is 5.57. The van der Waals surface area contributed by atoms with Gasteiger partial charge < -0.3 is 30.3 Å². The highest BCUT2D eigenvalue weighted by atomic mass is 16.6. The van der Waals surface area contributed by atoms with E-state index >= 15 is 0 Å². The number of hydrogen-bond donors (Lipinski definition) is 5. The van der Waals surface area contributed by atoms with Gasteiger partial charge in [-0.2, -0.15) is 0 Å². The van der Waals surface area contributed by atoms with Crippen molar-refractivity contribution in [1.29, 1.82) is 0 Å². The standard InChI is InChI=1S/C6H10O6/c7-1-2-3(8)4(9)5(10)6(11)12-2/h2-4,7-11H,1H2/t2-,3+,4+/m1/s1. The van der Waals surface area contributed by atoms with Gasteiger partial charge in [-0.05, 0) is 0 Å². The largest absolute Gasteiger partial charge is 0.504 e. The van der Waals surface area contributed by atoms with E-state index in [1.165, 1.54) is 0 Å². The molecule has 6 nitrogen and oxygen atoms in total. The van der Waals surface area contributed by atoms with E-state index in [2.05, 4.69) is 4.74 Å². The minimum atomic E-state index is -1.61. The van der Waals surface area contributed by atoms with Gasteiger partial charge in [-0.3, -0.25) is 0 Å². The van der Waals surface area contributed by atoms with Crippen LogP contribution in [0.2, 0.25) is 0 Å². The van der Waals surface area contributed by atoms with Crippen molar-refractivity contribution in [3.8, 4) is 0 Å². The van der Waals surface area contributed by atoms with E-state index in [0.29, 0.717) is 0 Å². The average molecular weight is 178 g/mol. The quantitative estimate of drug-likeness (QED) is 0.330. The Bertz CT molecular complexity index is 200. The molecule has 0 aromatic rings. The number of aliphatic hydroxyl groups excluding tert-OH is 5. The Kier molecular flexibility index (Phi) is 2.41. The minimum Gasteiger partial charge on any atom is -0.504 e. The maximum Gasteiger partial charge on any atom is 0.319 e. The lowest BCUT2D eigenvalue weighted by Crippen LogP contribution is -2.46. The Morgan fingerprint density at radius 1 is 1.25 bits per heavy atom. The molecule has 1 heterocycles. The monoisotopic (exact) mass is 178 g/mol. The Morgan fingerprint density at radius 2 is 1.83 bits per heavy atom. The molecule has 12 heavy (non-hydrogen) atoms. The molecule has 5 N–H and O–H groups in total. The fourth-order valence-electron chi connectivity index (χ4n) is 0.910. The molecule has 1 aliphatic rings. The molecule has 1 rings (SSSR count). The third kappa shape index (κ3) is 1.31. The van der Waals surface area contributed by atoms with Crippen LogP contribution in [0, 0.1) is 0 Å². The molecule has 0 saturated carbocycles. The van der Waals surface area contributed by atoms with Crippen LogP contribution in [0.5, 0.6) is 0 Å². The van der Waals surface area contributed by atoms with Gasteiger partial charge in [0.25, 0.3) is 0 Å². The molecule has 6 heteroatoms. The molecular weight excluding hydrogens is 168 g/mol. The van der Waals surface area contributed by atoms with Crippen LogP contribution >= 0.6 is 0 Å². The van der Waals surface area contributed by atoms with Crippen molar-refractivity contribution < 1.29 is 30.3 Å². The number of rotatable bonds is 1. The maximum atomic E-state index is 9.09. The van der Waals surface area contributed by atoms with Crippen LogP contribution in [-0.2, 0) is 4.74 Å². The van der Waals surface area contributed by atoms with Crippen molar-refractivity contribution in [1.82, 2.24) is 0 Å². The van der Waals surface area contributed by atoms with E-state index in [1.807, 2.05) is 0 Å². The van der Waals surface area contributed by atoms with Crippen molar-refractivity contribution >= 4 is 0 Å². The zero-order valence-corrected chi connectivity index (χ0v) is 6.08. The summed E-state index contributed by atoms with van der Waals surface area (Å²) in [6.07, 6.45) is -4.17. The SMILES string of the molecule is OC[C@H]1OC(O)=C(O)[C@@H](O)[C@H]1O. The lowest BCUT2D eigenvalue weighted by atomic mass is 10.1. The van der Waals surface area contributed by atoms with Crippen molar-refractivity contribution in [2.24, 2.45) is 0 Å². The van der Waals surface area contributed by atoms with E-state index in [4.69, 9.17) is 25.5 Å². The third-order valence-corrected chi connectivity index (χ3v) is 1.65. The Hall–Kier alpha value is -0.980. The van der Waals surface area contributed by atoms with Gasteiger partial charge in [0.05, 0.1) is 6.61 Å². The van der Waals surface area contributed by atoms with Crippen molar-refractivity contribution in [3.63, 3.8) is 0 Å². The lowest BCUT2D eigenvalue weighted by Gasteiger charge is -2.29. The van der Waals surface area contributed by atoms with E-state index < -0.39 is 36.6 Å². The first-order valence-corrected chi connectivity index (χ1v) is 3.33. The summed E-state index contributed by atoms with van der Waals surface area (Å²) in [6.45, 7) is -0.560. The zero-order chi connectivity index (χ0) is 9.30. The summed E-state index contributed by atoms with van der Waals surface area (Å²) in [4.78, 5) is 0. The van der Waals surface area contributed by atoms with Gasteiger partial charge in [-0.25, -0.2) is 0 Å². The van der Waals surface area contributed by atoms with Crippen LogP contribution in [-0.4, -0.2) is 50.5 Å². The second-order valence-corrected chi connectivity index (χ2v) is 2.46. The Labute approximate surface area is 68.0 Å². The van der Waals surface area contributed by atoms with Gasteiger partial charge in [-0.15, -0.1) is 0 Å². The van der Waals surface area contributed by atoms with E-state index in [-0.39, 0.29) is 0 Å². The fourth-order valence-corrected chi connectivity index (χ4v) is 0.910. The van der Waals surface area contributed by atoms with Gasteiger partial charge in [0.2, 0.25) is 5.76 Å². The molecular formula is C6H10O6. The zero-order valence-electron chi connectivity index (χ0n) is 6.08. The normalized spacial score (nSPS) is 36.4. The summed E-state index contributed by atoms with van der Waals surface area (Å²) in [7, 11) is 0. The second-order valence-electron chi connectivity index (χ2n) is 2.46. The highest BCUT2D eigenvalue weighted by molar-refractivity contribution is 5.07. The molecule has 3 atom stereocenters. The Morgan fingerprint density at radius 3 is 2.33 bits per heavy atom. The highest BCUT2D eigenvalue weighted by Gasteiger charge is 2.37. The number of aliphatic hydroxyl groups is 5. The summed E-state index contributed by atoms with van der Waals surface area (Å²) in [5.74, 6) is -1.70. The topological polar surface area (TPSA) is 110 Å². The van der Waals surface area contributed by atoms with Crippen LogP contribution in [0.15, 0.2) is 11.7 Å². The lowest BCUT2D eigenvalue weighted by molar-refractivity contribution is -0.137. The molecule has 0 unspecified atom stereocenters. The predicted molar refractivity (Wildman–Crippen MR) is 36.3 cm³/mol. The molecule has 0 spiro atoms. The first-order valence-electron chi connectivity index (χ1n) is 3.33. The second kappa shape index (κ2) is 3.18. The molecule has 0 saturated heterocycles. The summed E-state index contributed by atoms with van der Waals surface area (Å²) >= 11 is 0. The summed E-state index contributed by atoms with van der Waals surface area (Å²) < 4.78 is 4.46. The molecule has 0 aromatic heterocycles. The number of ether oxygens (including phenoxy) is 1. The van der Waals surface area contributed by atoms with E-state index in [9.17, 15) is 0 Å². The maximum absolute atomic E-state index is 9.09. The van der Waals surface area contributed by atoms with Crippen LogP contribution in [0.25, 0.3) is 0 Å². The van der Waals surface area contributed by atoms with E-state index in [1.54, 1.807) is 0 Å². The van der Waals surface area contributed by atoms with Crippen LogP contribution < -0.4 is 0 Å². The van der Waals surface area contributed by atoms with Gasteiger partial charge in [0, 0.05) is 0 Å². The van der Waals surface area contributed by atoms with Gasteiger partial charge in [0.1, 0.15) is 12.2 Å². The first kappa shape index (κ1) is 9.11. The smallest absolute Gasteiger partial charge is 0.319 e. The summed E-state index contributed by atoms with van der Waals surface area (Å²) in [6, 6.07) is 0. The van der Waals surface area contributed by atoms with Gasteiger partial charge in [0.15, 0.2) is 6.10 Å². The van der Waals surface area contributed by atoms with Crippen molar-refractivity contribution in [2.75, 3.05) is 6.61 Å². The van der Waals surface area contributed by atoms with E-state index in [0.717, 1.165) is 0 Å². The fraction of sp³-hybridized carbons (Fsp3) is 0.667. The Balaban J connectivity index is 2.83. The molecule has 1 aliphatic heterocycles. The molecule has 0 amide bonds. The summed E-state index contributed by atoms with van der Waals surface area (Å²) in [5, 5.41) is 44.3. The highest BCUT2D eigenvalue weighted by Crippen LogP contribution is 2.20. The van der Waals surface area contributed by atoms with Crippen molar-refractivity contribution in [2.45, 2.75) is 18.3 Å². The van der Waals surface area contributed by atoms with Crippen LogP contribution in [0.4, 0.5) is 0 Å². The predicted octanol–water partition coefficient (Wildman–Crippen LogP) is -1.62. The van der Waals surface area contributed by atoms with Crippen LogP contribution in [0.1, 0.15) is 0 Å². The van der Waals surface area contributed by atoms with Crippen LogP contribution in [0.3, 0.4) is 0 Å². The molecule has 0 aromatic carbocycles. The van der Waals surface area contributed by atoms with Gasteiger partial charge in [-0.1, -0.05) is 0 Å².